The Kier molecular flexibility index (Phi) is 3.52. The second kappa shape index (κ2) is 5.72. The Labute approximate surface area is 140 Å². The third-order valence-corrected chi connectivity index (χ3v) is 3.80. The molecule has 128 valence electrons. The summed E-state index contributed by atoms with van der Waals surface area (Å²) in [5.74, 6) is 1.29. The van der Waals surface area contributed by atoms with Gasteiger partial charge < -0.3 is 5.32 Å². The van der Waals surface area contributed by atoms with Crippen molar-refractivity contribution in [1.29, 1.82) is 0 Å². The Morgan fingerprint density at radius 2 is 2.04 bits per heavy atom. The van der Waals surface area contributed by atoms with Gasteiger partial charge in [-0.15, -0.1) is 5.10 Å². The Bertz CT molecular complexity index is 1070. The van der Waals surface area contributed by atoms with E-state index in [1.807, 2.05) is 6.07 Å². The molecule has 0 bridgehead atoms. The van der Waals surface area contributed by atoms with Gasteiger partial charge in [0, 0.05) is 18.8 Å². The molecule has 4 aromatic heterocycles. The second-order valence-corrected chi connectivity index (χ2v) is 5.48. The summed E-state index contributed by atoms with van der Waals surface area (Å²) < 4.78 is 28.2. The van der Waals surface area contributed by atoms with Gasteiger partial charge in [0.2, 0.25) is 0 Å². The van der Waals surface area contributed by atoms with Crippen LogP contribution in [0.1, 0.15) is 5.82 Å². The van der Waals surface area contributed by atoms with Gasteiger partial charge in [0.1, 0.15) is 23.4 Å². The Balaban J connectivity index is 1.91. The van der Waals surface area contributed by atoms with Gasteiger partial charge in [0.15, 0.2) is 11.5 Å². The average Bonchev–Trinajstić information content (AvgIpc) is 3.17. The molecule has 0 saturated heterocycles. The molecule has 4 rings (SSSR count). The summed E-state index contributed by atoms with van der Waals surface area (Å²) in [6.45, 7) is 1.26. The molecule has 0 fully saturated rings. The normalized spacial score (nSPS) is 11.7. The molecule has 4 aromatic rings. The van der Waals surface area contributed by atoms with E-state index in [0.29, 0.717) is 28.5 Å². The number of halogens is 2. The Morgan fingerprint density at radius 1 is 1.20 bits per heavy atom. The highest BCUT2D eigenvalue weighted by Gasteiger charge is 2.16. The van der Waals surface area contributed by atoms with Crippen molar-refractivity contribution in [2.24, 2.45) is 0 Å². The van der Waals surface area contributed by atoms with Crippen molar-refractivity contribution in [2.75, 3.05) is 12.4 Å². The third-order valence-electron chi connectivity index (χ3n) is 3.80. The first-order valence-electron chi connectivity index (χ1n) is 7.59. The van der Waals surface area contributed by atoms with Crippen LogP contribution < -0.4 is 5.32 Å². The standard InChI is InChI=1S/C15H14F2N8/c1-8-19-14(18-2)13-9(5-6-24(13)22-8)10-3-4-11-15(20-10)25(23-21-11)7-12(16)17/h3-6,12H,7H2,1-2H3,(H,18,19,22). The molecular weight excluding hydrogens is 330 g/mol. The van der Waals surface area contributed by atoms with Gasteiger partial charge in [-0.1, -0.05) is 5.21 Å². The van der Waals surface area contributed by atoms with Gasteiger partial charge in [-0.05, 0) is 25.1 Å². The van der Waals surface area contributed by atoms with Gasteiger partial charge in [-0.3, -0.25) is 0 Å². The molecule has 8 nitrogen and oxygen atoms in total. The number of anilines is 1. The van der Waals surface area contributed by atoms with Crippen LogP contribution in [0.5, 0.6) is 0 Å². The molecule has 0 spiro atoms. The summed E-state index contributed by atoms with van der Waals surface area (Å²) in [6, 6.07) is 5.35. The van der Waals surface area contributed by atoms with Crippen molar-refractivity contribution in [1.82, 2.24) is 34.6 Å². The van der Waals surface area contributed by atoms with Crippen LogP contribution in [0.3, 0.4) is 0 Å². The van der Waals surface area contributed by atoms with E-state index in [0.717, 1.165) is 15.8 Å². The van der Waals surface area contributed by atoms with Crippen LogP contribution in [0.15, 0.2) is 24.4 Å². The summed E-state index contributed by atoms with van der Waals surface area (Å²) in [5.41, 5.74) is 2.94. The van der Waals surface area contributed by atoms with E-state index in [-0.39, 0.29) is 0 Å². The fourth-order valence-electron chi connectivity index (χ4n) is 2.77. The number of rotatable bonds is 4. The number of hydrogen-bond donors (Lipinski definition) is 1. The fraction of sp³-hybridized carbons (Fsp3) is 0.267. The van der Waals surface area contributed by atoms with Crippen molar-refractivity contribution in [3.8, 4) is 11.3 Å². The molecule has 0 radical (unpaired) electrons. The SMILES string of the molecule is CNc1nc(C)nn2ccc(-c3ccc4nnn(CC(F)F)c4n3)c12. The molecule has 1 N–H and O–H groups in total. The van der Waals surface area contributed by atoms with E-state index in [4.69, 9.17) is 0 Å². The minimum absolute atomic E-state index is 0.316. The number of aryl methyl sites for hydroxylation is 1. The van der Waals surface area contributed by atoms with E-state index in [1.54, 1.807) is 36.8 Å². The van der Waals surface area contributed by atoms with Crippen LogP contribution in [0, 0.1) is 6.92 Å². The molecule has 0 unspecified atom stereocenters. The van der Waals surface area contributed by atoms with Gasteiger partial charge in [-0.25, -0.2) is 27.9 Å². The lowest BCUT2D eigenvalue weighted by molar-refractivity contribution is 0.122. The minimum Gasteiger partial charge on any atom is -0.371 e. The predicted octanol–water partition coefficient (Wildman–Crippen LogP) is 2.15. The van der Waals surface area contributed by atoms with Gasteiger partial charge >= 0.3 is 0 Å². The van der Waals surface area contributed by atoms with E-state index >= 15 is 0 Å². The Morgan fingerprint density at radius 3 is 2.80 bits per heavy atom. The van der Waals surface area contributed by atoms with Gasteiger partial charge in [0.25, 0.3) is 6.43 Å². The number of alkyl halides is 2. The topological polar surface area (TPSA) is 85.8 Å². The zero-order valence-corrected chi connectivity index (χ0v) is 13.5. The minimum atomic E-state index is -2.53. The number of fused-ring (bicyclic) bond motifs is 2. The molecule has 0 aliphatic rings. The second-order valence-electron chi connectivity index (χ2n) is 5.48. The lowest BCUT2D eigenvalue weighted by Gasteiger charge is -2.07. The first-order valence-corrected chi connectivity index (χ1v) is 7.59. The maximum atomic E-state index is 12.7. The molecule has 10 heteroatoms. The smallest absolute Gasteiger partial charge is 0.258 e. The number of pyridine rings is 1. The van der Waals surface area contributed by atoms with Crippen LogP contribution in [0.25, 0.3) is 27.9 Å². The molecule has 0 aromatic carbocycles. The summed E-state index contributed by atoms with van der Waals surface area (Å²) in [5, 5.41) is 15.0. The largest absolute Gasteiger partial charge is 0.371 e. The monoisotopic (exact) mass is 344 g/mol. The van der Waals surface area contributed by atoms with Crippen molar-refractivity contribution < 1.29 is 8.78 Å². The summed E-state index contributed by atoms with van der Waals surface area (Å²) in [6.07, 6.45) is -0.723. The number of nitrogens with zero attached hydrogens (tertiary/aromatic N) is 7. The lowest BCUT2D eigenvalue weighted by Crippen LogP contribution is -2.09. The van der Waals surface area contributed by atoms with Crippen LogP contribution in [-0.2, 0) is 6.54 Å². The predicted molar refractivity (Wildman–Crippen MR) is 87.6 cm³/mol. The van der Waals surface area contributed by atoms with Crippen molar-refractivity contribution in [3.63, 3.8) is 0 Å². The first-order chi connectivity index (χ1) is 12.1. The Hall–Kier alpha value is -3.17. The number of nitrogens with one attached hydrogen (secondary N) is 1. The molecule has 0 aliphatic carbocycles. The molecule has 25 heavy (non-hydrogen) atoms. The zero-order chi connectivity index (χ0) is 17.6. The summed E-state index contributed by atoms with van der Waals surface area (Å²) >= 11 is 0. The van der Waals surface area contributed by atoms with Crippen molar-refractivity contribution in [2.45, 2.75) is 19.9 Å². The molecule has 0 amide bonds. The maximum absolute atomic E-state index is 12.7. The number of aromatic nitrogens is 7. The molecule has 0 aliphatic heterocycles. The lowest BCUT2D eigenvalue weighted by atomic mass is 10.2. The number of hydrogen-bond acceptors (Lipinski definition) is 6. The summed E-state index contributed by atoms with van der Waals surface area (Å²) in [7, 11) is 1.77. The van der Waals surface area contributed by atoms with Crippen LogP contribution in [0.2, 0.25) is 0 Å². The van der Waals surface area contributed by atoms with E-state index in [2.05, 4.69) is 30.7 Å². The zero-order valence-electron chi connectivity index (χ0n) is 13.5. The molecule has 0 saturated carbocycles. The van der Waals surface area contributed by atoms with Crippen LogP contribution in [0.4, 0.5) is 14.6 Å². The third kappa shape index (κ3) is 2.55. The molecule has 0 atom stereocenters. The van der Waals surface area contributed by atoms with E-state index < -0.39 is 13.0 Å². The van der Waals surface area contributed by atoms with E-state index in [1.165, 1.54) is 0 Å². The molecular formula is C15H14F2N8. The quantitative estimate of drug-likeness (QED) is 0.610. The average molecular weight is 344 g/mol. The first kappa shape index (κ1) is 15.4. The van der Waals surface area contributed by atoms with E-state index in [9.17, 15) is 8.78 Å². The van der Waals surface area contributed by atoms with Gasteiger partial charge in [-0.2, -0.15) is 5.10 Å². The molecule has 4 heterocycles. The van der Waals surface area contributed by atoms with Crippen molar-refractivity contribution >= 4 is 22.5 Å². The maximum Gasteiger partial charge on any atom is 0.258 e. The highest BCUT2D eigenvalue weighted by Crippen LogP contribution is 2.29. The fourth-order valence-corrected chi connectivity index (χ4v) is 2.77. The summed E-state index contributed by atoms with van der Waals surface area (Å²) in [4.78, 5) is 8.87. The van der Waals surface area contributed by atoms with Crippen LogP contribution in [-0.4, -0.2) is 48.0 Å². The highest BCUT2D eigenvalue weighted by atomic mass is 19.3. The van der Waals surface area contributed by atoms with Crippen LogP contribution >= 0.6 is 0 Å². The van der Waals surface area contributed by atoms with Gasteiger partial charge in [0.05, 0.1) is 5.69 Å². The van der Waals surface area contributed by atoms with Crippen molar-refractivity contribution in [3.05, 3.63) is 30.2 Å². The highest BCUT2D eigenvalue weighted by molar-refractivity contribution is 5.88.